The first-order chi connectivity index (χ1) is 16.3. The van der Waals surface area contributed by atoms with Crippen molar-refractivity contribution in [2.75, 3.05) is 17.2 Å². The molecule has 0 radical (unpaired) electrons. The maximum absolute atomic E-state index is 6.03. The number of rotatable bonds is 6. The maximum atomic E-state index is 6.03. The van der Waals surface area contributed by atoms with Crippen molar-refractivity contribution < 1.29 is 4.74 Å². The zero-order valence-electron chi connectivity index (χ0n) is 18.5. The Bertz CT molecular complexity index is 1340. The number of fused-ring (bicyclic) bond motifs is 2. The van der Waals surface area contributed by atoms with Gasteiger partial charge >= 0.3 is 0 Å². The number of aromatic nitrogens is 5. The Morgan fingerprint density at radius 1 is 0.970 bits per heavy atom. The minimum atomic E-state index is -0.0203. The van der Waals surface area contributed by atoms with E-state index in [-0.39, 0.29) is 6.23 Å². The molecule has 4 heterocycles. The van der Waals surface area contributed by atoms with E-state index in [1.54, 1.807) is 0 Å². The van der Waals surface area contributed by atoms with E-state index in [0.717, 1.165) is 54.1 Å². The smallest absolute Gasteiger partial charge is 0.231 e. The predicted molar refractivity (Wildman–Crippen MR) is 128 cm³/mol. The molecule has 8 heteroatoms. The van der Waals surface area contributed by atoms with E-state index in [0.29, 0.717) is 17.9 Å². The second kappa shape index (κ2) is 7.66. The molecule has 1 atom stereocenters. The van der Waals surface area contributed by atoms with Crippen LogP contribution in [0.3, 0.4) is 0 Å². The third-order valence-electron chi connectivity index (χ3n) is 6.85. The minimum Gasteiger partial charge on any atom is -0.365 e. The van der Waals surface area contributed by atoms with Gasteiger partial charge in [0.2, 0.25) is 5.95 Å². The van der Waals surface area contributed by atoms with Crippen LogP contribution < -0.4 is 10.6 Å². The van der Waals surface area contributed by atoms with Gasteiger partial charge in [-0.2, -0.15) is 9.97 Å². The van der Waals surface area contributed by atoms with Gasteiger partial charge < -0.3 is 15.4 Å². The molecule has 3 aromatic heterocycles. The molecule has 1 aliphatic heterocycles. The molecule has 0 amide bonds. The summed E-state index contributed by atoms with van der Waals surface area (Å²) in [4.78, 5) is 18.9. The summed E-state index contributed by atoms with van der Waals surface area (Å²) in [7, 11) is 0. The number of ether oxygens (including phenoxy) is 1. The normalized spacial score (nSPS) is 20.9. The van der Waals surface area contributed by atoms with Gasteiger partial charge in [-0.1, -0.05) is 0 Å². The Morgan fingerprint density at radius 2 is 1.91 bits per heavy atom. The lowest BCUT2D eigenvalue weighted by atomic mass is 10.0. The van der Waals surface area contributed by atoms with Crippen molar-refractivity contribution in [2.45, 2.75) is 63.1 Å². The first kappa shape index (κ1) is 19.2. The van der Waals surface area contributed by atoms with Gasteiger partial charge in [0.15, 0.2) is 17.0 Å². The number of hydrogen-bond acceptors (Lipinski definition) is 7. The average molecular weight is 442 g/mol. The fourth-order valence-corrected chi connectivity index (χ4v) is 4.77. The largest absolute Gasteiger partial charge is 0.365 e. The lowest BCUT2D eigenvalue weighted by Gasteiger charge is -2.24. The number of anilines is 3. The Hall–Kier alpha value is -3.26. The van der Waals surface area contributed by atoms with Crippen LogP contribution in [0.5, 0.6) is 0 Å². The van der Waals surface area contributed by atoms with Crippen molar-refractivity contribution in [1.82, 2.24) is 24.5 Å². The molecule has 1 saturated heterocycles. The summed E-state index contributed by atoms with van der Waals surface area (Å²) in [5, 5.41) is 8.21. The van der Waals surface area contributed by atoms with Crippen molar-refractivity contribution in [3.8, 4) is 0 Å². The van der Waals surface area contributed by atoms with Crippen LogP contribution >= 0.6 is 0 Å². The summed E-state index contributed by atoms with van der Waals surface area (Å²) < 4.78 is 8.09. The highest BCUT2D eigenvalue weighted by molar-refractivity contribution is 5.88. The molecule has 3 aliphatic rings. The highest BCUT2D eigenvalue weighted by atomic mass is 16.5. The summed E-state index contributed by atoms with van der Waals surface area (Å²) in [6.45, 7) is 0.780. The molecule has 33 heavy (non-hydrogen) atoms. The Labute approximate surface area is 191 Å². The summed E-state index contributed by atoms with van der Waals surface area (Å²) >= 11 is 0. The van der Waals surface area contributed by atoms with Crippen LogP contribution in [0.15, 0.2) is 36.8 Å². The van der Waals surface area contributed by atoms with Crippen LogP contribution in [-0.4, -0.2) is 37.2 Å². The molecule has 0 spiro atoms. The minimum absolute atomic E-state index is 0.0203. The van der Waals surface area contributed by atoms with Gasteiger partial charge in [0.1, 0.15) is 6.23 Å². The number of imidazole rings is 1. The van der Waals surface area contributed by atoms with Crippen LogP contribution in [0.25, 0.3) is 22.1 Å². The number of benzene rings is 1. The second-order valence-electron chi connectivity index (χ2n) is 9.49. The third kappa shape index (κ3) is 3.68. The highest BCUT2D eigenvalue weighted by Crippen LogP contribution is 2.43. The van der Waals surface area contributed by atoms with E-state index in [1.165, 1.54) is 36.6 Å². The molecular formula is C25H27N7O. The number of nitrogens with zero attached hydrogens (tertiary/aromatic N) is 5. The topological polar surface area (TPSA) is 89.8 Å². The second-order valence-corrected chi connectivity index (χ2v) is 9.49. The first-order valence-electron chi connectivity index (χ1n) is 12.1. The van der Waals surface area contributed by atoms with Crippen molar-refractivity contribution in [3.63, 3.8) is 0 Å². The zero-order chi connectivity index (χ0) is 21.8. The van der Waals surface area contributed by atoms with E-state index in [4.69, 9.17) is 14.7 Å². The van der Waals surface area contributed by atoms with Gasteiger partial charge in [0, 0.05) is 29.9 Å². The van der Waals surface area contributed by atoms with Gasteiger partial charge in [-0.25, -0.2) is 4.98 Å². The Morgan fingerprint density at radius 3 is 2.73 bits per heavy atom. The predicted octanol–water partition coefficient (Wildman–Crippen LogP) is 5.27. The molecular weight excluding hydrogens is 414 g/mol. The van der Waals surface area contributed by atoms with Crippen LogP contribution in [0.2, 0.25) is 0 Å². The monoisotopic (exact) mass is 441 g/mol. The lowest BCUT2D eigenvalue weighted by Crippen LogP contribution is -2.18. The summed E-state index contributed by atoms with van der Waals surface area (Å²) in [5.74, 6) is 2.03. The number of hydrogen-bond donors (Lipinski definition) is 2. The van der Waals surface area contributed by atoms with Crippen LogP contribution in [0.4, 0.5) is 17.5 Å². The molecule has 8 nitrogen and oxygen atoms in total. The molecule has 7 rings (SSSR count). The first-order valence-corrected chi connectivity index (χ1v) is 12.1. The standard InChI is InChI=1S/C25H27N7O/c1-2-12-33-21(3-1)32-14-27-22-23(28-16-6-7-16)30-25(31-24(22)32)29-17-8-9-20-19(13-17)18(10-11-26-20)15-4-5-15/h8-11,13-16,21H,1-7,12H2,(H2,28,29,30,31). The molecule has 0 bridgehead atoms. The number of nitrogens with one attached hydrogen (secondary N) is 2. The average Bonchev–Trinajstić information content (AvgIpc) is 3.78. The van der Waals surface area contributed by atoms with Crippen LogP contribution in [-0.2, 0) is 4.74 Å². The summed E-state index contributed by atoms with van der Waals surface area (Å²) in [6.07, 6.45) is 11.9. The van der Waals surface area contributed by atoms with E-state index >= 15 is 0 Å². The zero-order valence-corrected chi connectivity index (χ0v) is 18.5. The molecule has 4 aromatic rings. The highest BCUT2D eigenvalue weighted by Gasteiger charge is 2.27. The van der Waals surface area contributed by atoms with Crippen molar-refractivity contribution in [2.24, 2.45) is 0 Å². The van der Waals surface area contributed by atoms with Crippen LogP contribution in [0.1, 0.15) is 62.7 Å². The van der Waals surface area contributed by atoms with E-state index in [2.05, 4.69) is 49.4 Å². The van der Waals surface area contributed by atoms with Crippen molar-refractivity contribution >= 4 is 39.5 Å². The van der Waals surface area contributed by atoms with Gasteiger partial charge in [0.25, 0.3) is 0 Å². The van der Waals surface area contributed by atoms with E-state index in [9.17, 15) is 0 Å². The lowest BCUT2D eigenvalue weighted by molar-refractivity contribution is -0.0298. The SMILES string of the molecule is c1cc(C2CC2)c2cc(Nc3nc(NC4CC4)c4ncn(C5CCCCO5)c4n3)ccc2n1. The summed E-state index contributed by atoms with van der Waals surface area (Å²) in [6, 6.07) is 8.94. The van der Waals surface area contributed by atoms with Gasteiger partial charge in [-0.05, 0) is 80.7 Å². The fourth-order valence-electron chi connectivity index (χ4n) is 4.77. The van der Waals surface area contributed by atoms with Crippen LogP contribution in [0, 0.1) is 0 Å². The van der Waals surface area contributed by atoms with Crippen molar-refractivity contribution in [1.29, 1.82) is 0 Å². The van der Waals surface area contributed by atoms with E-state index in [1.807, 2.05) is 12.5 Å². The molecule has 2 aliphatic carbocycles. The third-order valence-corrected chi connectivity index (χ3v) is 6.85. The van der Waals surface area contributed by atoms with E-state index < -0.39 is 0 Å². The fraction of sp³-hybridized carbons (Fsp3) is 0.440. The molecule has 3 fully saturated rings. The van der Waals surface area contributed by atoms with Gasteiger partial charge in [0.05, 0.1) is 11.8 Å². The molecule has 2 saturated carbocycles. The van der Waals surface area contributed by atoms with Crippen molar-refractivity contribution in [3.05, 3.63) is 42.4 Å². The van der Waals surface area contributed by atoms with Gasteiger partial charge in [-0.15, -0.1) is 0 Å². The Balaban J connectivity index is 1.28. The van der Waals surface area contributed by atoms with Gasteiger partial charge in [-0.3, -0.25) is 9.55 Å². The maximum Gasteiger partial charge on any atom is 0.231 e. The molecule has 1 unspecified atom stereocenters. The Kier molecular flexibility index (Phi) is 4.46. The molecule has 1 aromatic carbocycles. The summed E-state index contributed by atoms with van der Waals surface area (Å²) in [5.41, 5.74) is 5.01. The molecule has 168 valence electrons. The quantitative estimate of drug-likeness (QED) is 0.421. The molecule has 2 N–H and O–H groups in total. The number of pyridine rings is 1.